The fraction of sp³-hybridized carbons (Fsp3) is 0. The Labute approximate surface area is 136 Å². The van der Waals surface area contributed by atoms with Crippen LogP contribution in [-0.2, 0) is 0 Å². The van der Waals surface area contributed by atoms with Crippen LogP contribution in [-0.4, -0.2) is 22.7 Å². The van der Waals surface area contributed by atoms with E-state index in [0.717, 1.165) is 10.9 Å². The van der Waals surface area contributed by atoms with Gasteiger partial charge in [0, 0.05) is 10.8 Å². The number of halogens is 1. The Morgan fingerprint density at radius 2 is 1.61 bits per heavy atom. The molecule has 5 nitrogen and oxygen atoms in total. The Bertz CT molecular complexity index is 1020. The summed E-state index contributed by atoms with van der Waals surface area (Å²) in [4.78, 5) is 16.8. The topological polar surface area (TPSA) is 83.6 Å². The van der Waals surface area contributed by atoms with E-state index in [-0.39, 0.29) is 18.1 Å². The van der Waals surface area contributed by atoms with Crippen molar-refractivity contribution in [1.29, 1.82) is 0 Å². The summed E-state index contributed by atoms with van der Waals surface area (Å²) in [6.07, 6.45) is 0. The first-order valence-corrected chi connectivity index (χ1v) is 7.05. The van der Waals surface area contributed by atoms with Gasteiger partial charge in [0.05, 0.1) is 0 Å². The normalized spacial score (nSPS) is 10.6. The van der Waals surface area contributed by atoms with Crippen molar-refractivity contribution in [1.82, 2.24) is 4.98 Å². The van der Waals surface area contributed by atoms with Crippen LogP contribution in [0.4, 0.5) is 0 Å². The zero-order valence-electron chi connectivity index (χ0n) is 11.7. The van der Waals surface area contributed by atoms with Gasteiger partial charge in [-0.3, -0.25) is 4.79 Å². The Hall–Kier alpha value is -2.41. The quantitative estimate of drug-likeness (QED) is 0.295. The van der Waals surface area contributed by atoms with Gasteiger partial charge in [0.1, 0.15) is 16.2 Å². The number of rotatable bonds is 0. The molecular formula is C16H10BClNO4. The molecule has 2 aromatic rings. The molecule has 2 N–H and O–H groups in total. The van der Waals surface area contributed by atoms with E-state index in [1.807, 2.05) is 36.4 Å². The van der Waals surface area contributed by atoms with Gasteiger partial charge in [-0.05, 0) is 12.1 Å². The van der Waals surface area contributed by atoms with Gasteiger partial charge in [-0.15, -0.1) is 0 Å². The largest absolute Gasteiger partial charge is 0.482 e. The molecule has 0 saturated heterocycles. The maximum Gasteiger partial charge on any atom is 0.482 e. The molecule has 0 amide bonds. The molecule has 0 atom stereocenters. The monoisotopic (exact) mass is 326 g/mol. The summed E-state index contributed by atoms with van der Waals surface area (Å²) in [5, 5.41) is 15.4. The summed E-state index contributed by atoms with van der Waals surface area (Å²) >= 11 is 6.16. The van der Waals surface area contributed by atoms with Crippen molar-refractivity contribution in [2.45, 2.75) is 0 Å². The highest BCUT2D eigenvalue weighted by atomic mass is 35.5. The van der Waals surface area contributed by atoms with Crippen LogP contribution in [0.3, 0.4) is 0 Å². The van der Waals surface area contributed by atoms with Crippen molar-refractivity contribution in [2.75, 3.05) is 0 Å². The third-order valence-electron chi connectivity index (χ3n) is 3.35. The highest BCUT2D eigenvalue weighted by Gasteiger charge is 2.20. The maximum atomic E-state index is 12.3. The van der Waals surface area contributed by atoms with E-state index in [1.165, 1.54) is 0 Å². The van der Waals surface area contributed by atoms with E-state index in [2.05, 4.69) is 4.98 Å². The number of benzene rings is 3. The fourth-order valence-electron chi connectivity index (χ4n) is 2.41. The molecule has 0 aromatic heterocycles. The number of hydrogen-bond donors (Lipinski definition) is 2. The van der Waals surface area contributed by atoms with E-state index >= 15 is 0 Å². The first kappa shape index (κ1) is 15.5. The maximum absolute atomic E-state index is 12.3. The lowest BCUT2D eigenvalue weighted by molar-refractivity contribution is 0.448. The number of para-hydroxylation sites is 2. The minimum Gasteiger partial charge on any atom is -0.451 e. The van der Waals surface area contributed by atoms with E-state index in [9.17, 15) is 4.79 Å². The summed E-state index contributed by atoms with van der Waals surface area (Å²) in [7, 11) is 0. The summed E-state index contributed by atoms with van der Waals surface area (Å²) in [6.45, 7) is 0. The summed E-state index contributed by atoms with van der Waals surface area (Å²) in [5.74, 6) is 0.342. The molecule has 0 bridgehead atoms. The SMILES string of the molecule is O=c1c(Cl)c2oc3ccccc3nc-2c2ccccc12.O[B]O. The molecule has 2 aliphatic rings. The van der Waals surface area contributed by atoms with Crippen LogP contribution < -0.4 is 5.43 Å². The molecule has 113 valence electrons. The summed E-state index contributed by atoms with van der Waals surface area (Å²) in [6, 6.07) is 14.7. The molecular weight excluding hydrogens is 316 g/mol. The second-order valence-corrected chi connectivity index (χ2v) is 5.04. The molecule has 2 aromatic carbocycles. The lowest BCUT2D eigenvalue weighted by Gasteiger charge is -2.10. The second-order valence-electron chi connectivity index (χ2n) is 4.66. The zero-order chi connectivity index (χ0) is 16.4. The highest BCUT2D eigenvalue weighted by molar-refractivity contribution is 6.34. The summed E-state index contributed by atoms with van der Waals surface area (Å²) in [5.41, 5.74) is 1.73. The smallest absolute Gasteiger partial charge is 0.451 e. The molecule has 1 aliphatic heterocycles. The molecule has 7 heteroatoms. The van der Waals surface area contributed by atoms with Crippen molar-refractivity contribution in [3.8, 4) is 11.5 Å². The Morgan fingerprint density at radius 3 is 2.35 bits per heavy atom. The van der Waals surface area contributed by atoms with Crippen molar-refractivity contribution in [3.05, 3.63) is 63.8 Å². The lowest BCUT2D eigenvalue weighted by Crippen LogP contribution is -2.06. The van der Waals surface area contributed by atoms with Gasteiger partial charge in [0.25, 0.3) is 0 Å². The van der Waals surface area contributed by atoms with Gasteiger partial charge < -0.3 is 14.5 Å². The molecule has 1 aliphatic carbocycles. The number of aromatic nitrogens is 1. The number of nitrogens with zero attached hydrogens (tertiary/aromatic N) is 1. The third-order valence-corrected chi connectivity index (χ3v) is 3.69. The van der Waals surface area contributed by atoms with Crippen LogP contribution in [0.15, 0.2) is 57.7 Å². The average molecular weight is 327 g/mol. The standard InChI is InChI=1S/C16H8ClNO2.BH2O2/c17-13-15(19)10-6-2-1-5-9(10)14-16(13)20-12-8-4-3-7-11(12)18-14;2-1-3/h1-8H;2-3H. The van der Waals surface area contributed by atoms with Crippen LogP contribution in [0.25, 0.3) is 33.3 Å². The molecule has 1 radical (unpaired) electrons. The van der Waals surface area contributed by atoms with Gasteiger partial charge >= 0.3 is 7.69 Å². The molecule has 0 saturated carbocycles. The Balaban J connectivity index is 0.000000485. The van der Waals surface area contributed by atoms with Crippen LogP contribution in [0.1, 0.15) is 0 Å². The van der Waals surface area contributed by atoms with E-state index in [1.54, 1.807) is 12.1 Å². The molecule has 1 heterocycles. The van der Waals surface area contributed by atoms with Crippen LogP contribution in [0.2, 0.25) is 5.02 Å². The lowest BCUT2D eigenvalue weighted by atomic mass is 10.0. The van der Waals surface area contributed by atoms with Gasteiger partial charge in [0.2, 0.25) is 5.43 Å². The van der Waals surface area contributed by atoms with Crippen LogP contribution in [0, 0.1) is 0 Å². The van der Waals surface area contributed by atoms with Gasteiger partial charge in [-0.1, -0.05) is 48.0 Å². The minimum atomic E-state index is -0.226. The predicted octanol–water partition coefficient (Wildman–Crippen LogP) is 2.60. The van der Waals surface area contributed by atoms with Gasteiger partial charge in [0.15, 0.2) is 11.3 Å². The predicted molar refractivity (Wildman–Crippen MR) is 89.6 cm³/mol. The second kappa shape index (κ2) is 6.38. The van der Waals surface area contributed by atoms with E-state index in [0.29, 0.717) is 22.4 Å². The average Bonchev–Trinajstić information content (AvgIpc) is 2.59. The van der Waals surface area contributed by atoms with E-state index < -0.39 is 0 Å². The number of fused-ring (bicyclic) bond motifs is 4. The zero-order valence-corrected chi connectivity index (χ0v) is 12.5. The molecule has 0 spiro atoms. The fourth-order valence-corrected chi connectivity index (χ4v) is 2.64. The van der Waals surface area contributed by atoms with Crippen molar-refractivity contribution in [2.24, 2.45) is 0 Å². The van der Waals surface area contributed by atoms with Crippen molar-refractivity contribution >= 4 is 41.2 Å². The Kier molecular flexibility index (Phi) is 4.29. The van der Waals surface area contributed by atoms with Crippen LogP contribution in [0.5, 0.6) is 0 Å². The third kappa shape index (κ3) is 2.68. The molecule has 0 unspecified atom stereocenters. The van der Waals surface area contributed by atoms with Crippen molar-refractivity contribution < 1.29 is 14.5 Å². The minimum absolute atomic E-state index is 0. The molecule has 0 fully saturated rings. The molecule has 23 heavy (non-hydrogen) atoms. The van der Waals surface area contributed by atoms with Crippen molar-refractivity contribution in [3.63, 3.8) is 0 Å². The van der Waals surface area contributed by atoms with Gasteiger partial charge in [-0.25, -0.2) is 4.98 Å². The van der Waals surface area contributed by atoms with Gasteiger partial charge in [-0.2, -0.15) is 0 Å². The van der Waals surface area contributed by atoms with E-state index in [4.69, 9.17) is 26.1 Å². The van der Waals surface area contributed by atoms with Crippen LogP contribution >= 0.6 is 11.6 Å². The highest BCUT2D eigenvalue weighted by Crippen LogP contribution is 2.34. The first-order valence-electron chi connectivity index (χ1n) is 6.67. The first-order chi connectivity index (χ1) is 11.2. The number of hydrogen-bond acceptors (Lipinski definition) is 5. The summed E-state index contributed by atoms with van der Waals surface area (Å²) < 4.78 is 5.77. The Morgan fingerprint density at radius 1 is 1.00 bits per heavy atom. The molecule has 4 rings (SSSR count).